The number of carboxylic acid groups (broad SMARTS) is 1. The monoisotopic (exact) mass is 255 g/mol. The third kappa shape index (κ3) is 1.81. The Labute approximate surface area is 107 Å². The summed E-state index contributed by atoms with van der Waals surface area (Å²) in [6, 6.07) is 5.39. The Morgan fingerprint density at radius 2 is 1.95 bits per heavy atom. The molecule has 0 spiro atoms. The van der Waals surface area contributed by atoms with Gasteiger partial charge < -0.3 is 5.11 Å². The van der Waals surface area contributed by atoms with Gasteiger partial charge in [-0.15, -0.1) is 5.10 Å². The van der Waals surface area contributed by atoms with Gasteiger partial charge >= 0.3 is 5.97 Å². The minimum Gasteiger partial charge on any atom is -0.476 e. The third-order valence-corrected chi connectivity index (χ3v) is 2.79. The summed E-state index contributed by atoms with van der Waals surface area (Å²) in [6.45, 7) is 1.66. The average Bonchev–Trinajstić information content (AvgIpc) is 2.80. The van der Waals surface area contributed by atoms with Crippen molar-refractivity contribution >= 4 is 17.0 Å². The molecule has 7 heteroatoms. The number of benzene rings is 1. The van der Waals surface area contributed by atoms with Crippen LogP contribution in [0, 0.1) is 6.92 Å². The Morgan fingerprint density at radius 3 is 2.63 bits per heavy atom. The predicted octanol–water partition coefficient (Wildman–Crippen LogP) is 1.22. The van der Waals surface area contributed by atoms with Crippen molar-refractivity contribution in [3.05, 3.63) is 42.0 Å². The fourth-order valence-electron chi connectivity index (χ4n) is 1.86. The van der Waals surface area contributed by atoms with Gasteiger partial charge in [-0.1, -0.05) is 5.21 Å². The number of hydrogen-bond acceptors (Lipinski definition) is 5. The van der Waals surface area contributed by atoms with Crippen molar-refractivity contribution in [1.82, 2.24) is 25.0 Å². The van der Waals surface area contributed by atoms with Crippen molar-refractivity contribution in [2.75, 3.05) is 0 Å². The lowest BCUT2D eigenvalue weighted by atomic mass is 10.2. The van der Waals surface area contributed by atoms with Crippen LogP contribution < -0.4 is 0 Å². The highest BCUT2D eigenvalue weighted by molar-refractivity contribution is 5.86. The molecule has 0 saturated heterocycles. The van der Waals surface area contributed by atoms with E-state index in [2.05, 4.69) is 20.3 Å². The lowest BCUT2D eigenvalue weighted by molar-refractivity contribution is 0.0689. The summed E-state index contributed by atoms with van der Waals surface area (Å²) in [4.78, 5) is 19.3. The summed E-state index contributed by atoms with van der Waals surface area (Å²) in [7, 11) is 0. The topological polar surface area (TPSA) is 93.8 Å². The van der Waals surface area contributed by atoms with Gasteiger partial charge in [-0.2, -0.15) is 0 Å². The molecule has 3 aromatic rings. The molecule has 3 rings (SSSR count). The standard InChI is InChI=1S/C12H9N5O2/c1-7-11(12(18)19)15-16-17(7)8-2-3-9-10(6-8)14-5-4-13-9/h2-6H,1H3,(H,18,19). The summed E-state index contributed by atoms with van der Waals surface area (Å²) in [6.07, 6.45) is 3.22. The van der Waals surface area contributed by atoms with Crippen LogP contribution in [0.1, 0.15) is 16.2 Å². The van der Waals surface area contributed by atoms with E-state index in [-0.39, 0.29) is 5.69 Å². The van der Waals surface area contributed by atoms with Gasteiger partial charge in [0.2, 0.25) is 0 Å². The van der Waals surface area contributed by atoms with Gasteiger partial charge in [-0.25, -0.2) is 9.48 Å². The highest BCUT2D eigenvalue weighted by Gasteiger charge is 2.16. The van der Waals surface area contributed by atoms with Crippen molar-refractivity contribution in [3.8, 4) is 5.69 Å². The van der Waals surface area contributed by atoms with Crippen molar-refractivity contribution in [3.63, 3.8) is 0 Å². The van der Waals surface area contributed by atoms with E-state index >= 15 is 0 Å². The molecule has 1 aromatic carbocycles. The second-order valence-corrected chi connectivity index (χ2v) is 3.97. The van der Waals surface area contributed by atoms with Crippen molar-refractivity contribution in [2.24, 2.45) is 0 Å². The van der Waals surface area contributed by atoms with E-state index in [1.807, 2.05) is 0 Å². The van der Waals surface area contributed by atoms with Crippen LogP contribution >= 0.6 is 0 Å². The minimum atomic E-state index is -1.09. The maximum absolute atomic E-state index is 10.9. The Morgan fingerprint density at radius 1 is 1.21 bits per heavy atom. The second-order valence-electron chi connectivity index (χ2n) is 3.97. The number of aromatic nitrogens is 5. The smallest absolute Gasteiger partial charge is 0.358 e. The van der Waals surface area contributed by atoms with Crippen molar-refractivity contribution in [2.45, 2.75) is 6.92 Å². The summed E-state index contributed by atoms with van der Waals surface area (Å²) in [5.41, 5.74) is 2.59. The third-order valence-electron chi connectivity index (χ3n) is 2.79. The highest BCUT2D eigenvalue weighted by atomic mass is 16.4. The summed E-state index contributed by atoms with van der Waals surface area (Å²) >= 11 is 0. The zero-order valence-electron chi connectivity index (χ0n) is 9.98. The molecule has 0 fully saturated rings. The number of carboxylic acids is 1. The summed E-state index contributed by atoms with van der Waals surface area (Å²) < 4.78 is 1.47. The van der Waals surface area contributed by atoms with Crippen LogP contribution in [0.15, 0.2) is 30.6 Å². The maximum Gasteiger partial charge on any atom is 0.358 e. The largest absolute Gasteiger partial charge is 0.476 e. The molecular formula is C12H9N5O2. The summed E-state index contributed by atoms with van der Waals surface area (Å²) in [5, 5.41) is 16.5. The Hall–Kier alpha value is -2.83. The zero-order valence-corrected chi connectivity index (χ0v) is 9.98. The van der Waals surface area contributed by atoms with Crippen LogP contribution in [-0.4, -0.2) is 36.0 Å². The first-order valence-electron chi connectivity index (χ1n) is 5.53. The van der Waals surface area contributed by atoms with Gasteiger partial charge in [0.05, 0.1) is 22.4 Å². The lowest BCUT2D eigenvalue weighted by Crippen LogP contribution is -2.02. The number of carbonyl (C=O) groups is 1. The SMILES string of the molecule is Cc1c(C(=O)O)nnn1-c1ccc2nccnc2c1. The Kier molecular flexibility index (Phi) is 2.45. The molecule has 0 saturated carbocycles. The number of rotatable bonds is 2. The highest BCUT2D eigenvalue weighted by Crippen LogP contribution is 2.16. The first kappa shape index (κ1) is 11.3. The fourth-order valence-corrected chi connectivity index (χ4v) is 1.86. The van der Waals surface area contributed by atoms with E-state index in [9.17, 15) is 4.79 Å². The van der Waals surface area contributed by atoms with Crippen LogP contribution in [0.5, 0.6) is 0 Å². The van der Waals surface area contributed by atoms with Gasteiger partial charge in [0.25, 0.3) is 0 Å². The Bertz CT molecular complexity index is 781. The molecule has 94 valence electrons. The molecule has 2 heterocycles. The second kappa shape index (κ2) is 4.13. The molecule has 0 unspecified atom stereocenters. The minimum absolute atomic E-state index is 0.0563. The normalized spacial score (nSPS) is 10.8. The van der Waals surface area contributed by atoms with Gasteiger partial charge in [0, 0.05) is 12.4 Å². The van der Waals surface area contributed by atoms with Crippen LogP contribution in [0.3, 0.4) is 0 Å². The van der Waals surface area contributed by atoms with Gasteiger partial charge in [-0.05, 0) is 25.1 Å². The van der Waals surface area contributed by atoms with Crippen LogP contribution in [0.4, 0.5) is 0 Å². The van der Waals surface area contributed by atoms with Crippen molar-refractivity contribution in [1.29, 1.82) is 0 Å². The first-order valence-corrected chi connectivity index (χ1v) is 5.53. The summed E-state index contributed by atoms with van der Waals surface area (Å²) in [5.74, 6) is -1.09. The Balaban J connectivity index is 2.16. The molecule has 0 amide bonds. The molecule has 0 atom stereocenters. The predicted molar refractivity (Wildman–Crippen MR) is 66.2 cm³/mol. The van der Waals surface area contributed by atoms with E-state index in [1.165, 1.54) is 4.68 Å². The van der Waals surface area contributed by atoms with E-state index in [0.717, 1.165) is 5.52 Å². The maximum atomic E-state index is 10.9. The number of hydrogen-bond donors (Lipinski definition) is 1. The molecule has 0 aliphatic heterocycles. The van der Waals surface area contributed by atoms with Crippen LogP contribution in [0.25, 0.3) is 16.7 Å². The van der Waals surface area contributed by atoms with Crippen LogP contribution in [0.2, 0.25) is 0 Å². The molecule has 0 radical (unpaired) electrons. The average molecular weight is 255 g/mol. The van der Waals surface area contributed by atoms with Crippen molar-refractivity contribution < 1.29 is 9.90 Å². The molecule has 1 N–H and O–H groups in total. The molecule has 0 aliphatic carbocycles. The zero-order chi connectivity index (χ0) is 13.4. The quantitative estimate of drug-likeness (QED) is 0.739. The molecule has 7 nitrogen and oxygen atoms in total. The van der Waals surface area contributed by atoms with E-state index in [0.29, 0.717) is 16.9 Å². The number of nitrogens with zero attached hydrogens (tertiary/aromatic N) is 5. The first-order chi connectivity index (χ1) is 9.16. The van der Waals surface area contributed by atoms with E-state index < -0.39 is 5.97 Å². The molecule has 19 heavy (non-hydrogen) atoms. The molecule has 0 aliphatic rings. The molecule has 2 aromatic heterocycles. The molecule has 0 bridgehead atoms. The van der Waals surface area contributed by atoms with Gasteiger partial charge in [-0.3, -0.25) is 9.97 Å². The van der Waals surface area contributed by atoms with Gasteiger partial charge in [0.15, 0.2) is 5.69 Å². The van der Waals surface area contributed by atoms with Crippen LogP contribution in [-0.2, 0) is 0 Å². The fraction of sp³-hybridized carbons (Fsp3) is 0.0833. The van der Waals surface area contributed by atoms with Gasteiger partial charge in [0.1, 0.15) is 0 Å². The molecular weight excluding hydrogens is 246 g/mol. The van der Waals surface area contributed by atoms with E-state index in [4.69, 9.17) is 5.11 Å². The number of aromatic carboxylic acids is 1. The number of fused-ring (bicyclic) bond motifs is 1. The lowest BCUT2D eigenvalue weighted by Gasteiger charge is -2.04. The van der Waals surface area contributed by atoms with E-state index in [1.54, 1.807) is 37.5 Å².